The Kier molecular flexibility index (Phi) is 4.23. The zero-order chi connectivity index (χ0) is 9.78. The largest absolute Gasteiger partial charge is 0.353 e. The first kappa shape index (κ1) is 11.4. The van der Waals surface area contributed by atoms with Crippen LogP contribution in [0.2, 0.25) is 0 Å². The van der Waals surface area contributed by atoms with E-state index in [2.05, 4.69) is 5.32 Å². The van der Waals surface area contributed by atoms with E-state index in [1.54, 1.807) is 13.8 Å². The summed E-state index contributed by atoms with van der Waals surface area (Å²) in [4.78, 5) is 10.8. The quantitative estimate of drug-likeness (QED) is 0.680. The number of amides is 1. The topological polar surface area (TPSA) is 63.2 Å². The molecular formula is C7H15NO3S. The van der Waals surface area contributed by atoms with Crippen molar-refractivity contribution in [3.63, 3.8) is 0 Å². The first-order chi connectivity index (χ1) is 5.35. The van der Waals surface area contributed by atoms with E-state index in [4.69, 9.17) is 0 Å². The predicted octanol–water partition coefficient (Wildman–Crippen LogP) is -0.0543. The second-order valence-electron chi connectivity index (χ2n) is 2.91. The highest BCUT2D eigenvalue weighted by atomic mass is 32.2. The third-order valence-electron chi connectivity index (χ3n) is 1.28. The van der Waals surface area contributed by atoms with Crippen LogP contribution in [0.4, 0.5) is 0 Å². The van der Waals surface area contributed by atoms with E-state index in [0.29, 0.717) is 6.42 Å². The van der Waals surface area contributed by atoms with Crippen molar-refractivity contribution in [3.8, 4) is 0 Å². The molecular weight excluding hydrogens is 178 g/mol. The van der Waals surface area contributed by atoms with Crippen molar-refractivity contribution in [2.75, 3.05) is 12.0 Å². The molecule has 0 fully saturated rings. The van der Waals surface area contributed by atoms with Crippen LogP contribution in [0, 0.1) is 0 Å². The van der Waals surface area contributed by atoms with E-state index >= 15 is 0 Å². The van der Waals surface area contributed by atoms with E-state index < -0.39 is 9.84 Å². The Morgan fingerprint density at radius 3 is 2.33 bits per heavy atom. The molecule has 1 amide bonds. The standard InChI is InChI=1S/C7H15NO3S/c1-4-7(9)8-6(2)5-12(3,10)11/h6H,4-5H2,1-3H3,(H,8,9). The molecule has 0 spiro atoms. The lowest BCUT2D eigenvalue weighted by atomic mass is 10.3. The average Bonchev–Trinajstić information content (AvgIpc) is 1.82. The summed E-state index contributed by atoms with van der Waals surface area (Å²) in [6, 6.07) is -0.299. The summed E-state index contributed by atoms with van der Waals surface area (Å²) in [5.41, 5.74) is 0. The normalized spacial score (nSPS) is 13.9. The molecule has 0 aliphatic heterocycles. The maximum Gasteiger partial charge on any atom is 0.219 e. The van der Waals surface area contributed by atoms with Crippen LogP contribution in [0.3, 0.4) is 0 Å². The van der Waals surface area contributed by atoms with Crippen LogP contribution in [0.15, 0.2) is 0 Å². The molecule has 1 N–H and O–H groups in total. The third-order valence-corrected chi connectivity index (χ3v) is 2.39. The summed E-state index contributed by atoms with van der Waals surface area (Å²) in [5.74, 6) is -0.121. The van der Waals surface area contributed by atoms with Crippen LogP contribution >= 0.6 is 0 Å². The zero-order valence-corrected chi connectivity index (χ0v) is 8.44. The van der Waals surface area contributed by atoms with Gasteiger partial charge < -0.3 is 5.32 Å². The van der Waals surface area contributed by atoms with Crippen molar-refractivity contribution in [2.24, 2.45) is 0 Å². The fraction of sp³-hybridized carbons (Fsp3) is 0.857. The van der Waals surface area contributed by atoms with Crippen molar-refractivity contribution >= 4 is 15.7 Å². The fourth-order valence-electron chi connectivity index (χ4n) is 0.873. The van der Waals surface area contributed by atoms with E-state index in [0.717, 1.165) is 6.26 Å². The van der Waals surface area contributed by atoms with Crippen LogP contribution in [-0.4, -0.2) is 32.4 Å². The van der Waals surface area contributed by atoms with Crippen LogP contribution in [0.25, 0.3) is 0 Å². The van der Waals surface area contributed by atoms with Crippen LogP contribution in [0.5, 0.6) is 0 Å². The molecule has 72 valence electrons. The molecule has 1 atom stereocenters. The molecule has 0 heterocycles. The Morgan fingerprint density at radius 1 is 1.50 bits per heavy atom. The van der Waals surface area contributed by atoms with Gasteiger partial charge in [0.2, 0.25) is 5.91 Å². The second kappa shape index (κ2) is 4.45. The van der Waals surface area contributed by atoms with Gasteiger partial charge in [-0.05, 0) is 6.92 Å². The molecule has 0 saturated heterocycles. The van der Waals surface area contributed by atoms with Gasteiger partial charge in [0.1, 0.15) is 9.84 Å². The molecule has 0 radical (unpaired) electrons. The summed E-state index contributed by atoms with van der Waals surface area (Å²) in [6.07, 6.45) is 1.54. The molecule has 0 aromatic carbocycles. The molecule has 4 nitrogen and oxygen atoms in total. The van der Waals surface area contributed by atoms with Crippen molar-refractivity contribution in [1.82, 2.24) is 5.32 Å². The van der Waals surface area contributed by atoms with Crippen molar-refractivity contribution in [1.29, 1.82) is 0 Å². The number of hydrogen-bond acceptors (Lipinski definition) is 3. The van der Waals surface area contributed by atoms with Gasteiger partial charge in [0.25, 0.3) is 0 Å². The van der Waals surface area contributed by atoms with Gasteiger partial charge in [-0.25, -0.2) is 8.42 Å². The number of carbonyl (C=O) groups excluding carboxylic acids is 1. The molecule has 12 heavy (non-hydrogen) atoms. The molecule has 0 aromatic heterocycles. The summed E-state index contributed by atoms with van der Waals surface area (Å²) in [5, 5.41) is 2.57. The lowest BCUT2D eigenvalue weighted by molar-refractivity contribution is -0.121. The van der Waals surface area contributed by atoms with Gasteiger partial charge in [-0.3, -0.25) is 4.79 Å². The maximum atomic E-state index is 10.8. The van der Waals surface area contributed by atoms with Gasteiger partial charge in [-0.2, -0.15) is 0 Å². The van der Waals surface area contributed by atoms with Gasteiger partial charge in [0.05, 0.1) is 5.75 Å². The summed E-state index contributed by atoms with van der Waals surface area (Å²) in [6.45, 7) is 3.40. The third kappa shape index (κ3) is 6.15. The predicted molar refractivity (Wildman–Crippen MR) is 47.6 cm³/mol. The number of carbonyl (C=O) groups is 1. The maximum absolute atomic E-state index is 10.8. The molecule has 0 rings (SSSR count). The van der Waals surface area contributed by atoms with Crippen LogP contribution in [0.1, 0.15) is 20.3 Å². The lowest BCUT2D eigenvalue weighted by Crippen LogP contribution is -2.36. The Morgan fingerprint density at radius 2 is 2.00 bits per heavy atom. The van der Waals surface area contributed by atoms with Gasteiger partial charge in [-0.15, -0.1) is 0 Å². The fourth-order valence-corrected chi connectivity index (χ4v) is 1.86. The Hall–Kier alpha value is -0.580. The molecule has 0 aromatic rings. The minimum absolute atomic E-state index is 0.00125. The van der Waals surface area contributed by atoms with Gasteiger partial charge in [0.15, 0.2) is 0 Å². The number of rotatable bonds is 4. The Balaban J connectivity index is 3.91. The van der Waals surface area contributed by atoms with Crippen molar-refractivity contribution in [3.05, 3.63) is 0 Å². The first-order valence-corrected chi connectivity index (χ1v) is 5.88. The minimum atomic E-state index is -2.99. The molecule has 0 aliphatic rings. The monoisotopic (exact) mass is 193 g/mol. The van der Waals surface area contributed by atoms with Gasteiger partial charge in [-0.1, -0.05) is 6.92 Å². The smallest absolute Gasteiger partial charge is 0.219 e. The minimum Gasteiger partial charge on any atom is -0.353 e. The summed E-state index contributed by atoms with van der Waals surface area (Å²) >= 11 is 0. The average molecular weight is 193 g/mol. The molecule has 0 aliphatic carbocycles. The van der Waals surface area contributed by atoms with E-state index in [1.807, 2.05) is 0 Å². The molecule has 0 saturated carbocycles. The highest BCUT2D eigenvalue weighted by Gasteiger charge is 2.11. The molecule has 1 unspecified atom stereocenters. The Labute approximate surface area is 73.3 Å². The van der Waals surface area contributed by atoms with E-state index in [9.17, 15) is 13.2 Å². The second-order valence-corrected chi connectivity index (χ2v) is 5.10. The zero-order valence-electron chi connectivity index (χ0n) is 7.62. The highest BCUT2D eigenvalue weighted by molar-refractivity contribution is 7.90. The van der Waals surface area contributed by atoms with Crippen molar-refractivity contribution in [2.45, 2.75) is 26.3 Å². The van der Waals surface area contributed by atoms with Gasteiger partial charge >= 0.3 is 0 Å². The first-order valence-electron chi connectivity index (χ1n) is 3.82. The molecule has 0 bridgehead atoms. The van der Waals surface area contributed by atoms with E-state index in [-0.39, 0.29) is 17.7 Å². The van der Waals surface area contributed by atoms with Crippen molar-refractivity contribution < 1.29 is 13.2 Å². The van der Waals surface area contributed by atoms with Crippen LogP contribution in [-0.2, 0) is 14.6 Å². The van der Waals surface area contributed by atoms with E-state index in [1.165, 1.54) is 0 Å². The Bertz CT molecular complexity index is 245. The van der Waals surface area contributed by atoms with Crippen LogP contribution < -0.4 is 5.32 Å². The number of nitrogens with one attached hydrogen (secondary N) is 1. The lowest BCUT2D eigenvalue weighted by Gasteiger charge is -2.11. The summed E-state index contributed by atoms with van der Waals surface area (Å²) < 4.78 is 21.5. The summed E-state index contributed by atoms with van der Waals surface area (Å²) in [7, 11) is -2.99. The highest BCUT2D eigenvalue weighted by Crippen LogP contribution is 1.90. The number of sulfone groups is 1. The van der Waals surface area contributed by atoms with Gasteiger partial charge in [0, 0.05) is 18.7 Å². The molecule has 5 heteroatoms. The SMILES string of the molecule is CCC(=O)NC(C)CS(C)(=O)=O. The number of hydrogen-bond donors (Lipinski definition) is 1.